The van der Waals surface area contributed by atoms with E-state index in [1.807, 2.05) is 10.6 Å². The highest BCUT2D eigenvalue weighted by Gasteiger charge is 2.14. The minimum atomic E-state index is -1.09. The van der Waals surface area contributed by atoms with Gasteiger partial charge in [0.15, 0.2) is 0 Å². The second-order valence-corrected chi connectivity index (χ2v) is 12.0. The lowest BCUT2D eigenvalue weighted by atomic mass is 9.96. The van der Waals surface area contributed by atoms with Crippen molar-refractivity contribution in [3.8, 4) is 0 Å². The molecule has 0 amide bonds. The number of rotatable bonds is 6. The van der Waals surface area contributed by atoms with Gasteiger partial charge in [-0.1, -0.05) is 31.2 Å². The van der Waals surface area contributed by atoms with Gasteiger partial charge in [-0.2, -0.15) is 0 Å². The van der Waals surface area contributed by atoms with Gasteiger partial charge in [0.05, 0.1) is 5.02 Å². The first kappa shape index (κ1) is 18.2. The SMILES string of the molecule is C[Si](C)(C)CCOCn1c([B]O)cc2c(Cl)ccnc21.O. The fourth-order valence-electron chi connectivity index (χ4n) is 1.91. The average Bonchev–Trinajstić information content (AvgIpc) is 2.73. The Hall–Kier alpha value is -0.858. The minimum absolute atomic E-state index is 0. The minimum Gasteiger partial charge on any atom is -0.449 e. The van der Waals surface area contributed by atoms with Gasteiger partial charge in [0.1, 0.15) is 12.4 Å². The van der Waals surface area contributed by atoms with Crippen molar-refractivity contribution in [3.05, 3.63) is 23.4 Å². The summed E-state index contributed by atoms with van der Waals surface area (Å²) in [4.78, 5) is 4.31. The van der Waals surface area contributed by atoms with Crippen LogP contribution in [0.5, 0.6) is 0 Å². The molecule has 0 aliphatic rings. The van der Waals surface area contributed by atoms with Crippen LogP contribution in [-0.2, 0) is 11.5 Å². The molecule has 0 aliphatic heterocycles. The normalized spacial score (nSPS) is 11.5. The first-order valence-corrected chi connectivity index (χ1v) is 10.7. The van der Waals surface area contributed by atoms with Crippen LogP contribution in [0.3, 0.4) is 0 Å². The molecular weight excluding hydrogens is 307 g/mol. The maximum absolute atomic E-state index is 9.33. The monoisotopic (exact) mass is 327 g/mol. The van der Waals surface area contributed by atoms with Gasteiger partial charge in [0, 0.05) is 31.9 Å². The van der Waals surface area contributed by atoms with Crippen LogP contribution in [0.1, 0.15) is 0 Å². The van der Waals surface area contributed by atoms with E-state index in [1.54, 1.807) is 12.3 Å². The van der Waals surface area contributed by atoms with Crippen molar-refractivity contribution in [1.29, 1.82) is 0 Å². The Balaban J connectivity index is 0.00000220. The molecule has 0 aliphatic carbocycles. The molecule has 8 heteroatoms. The lowest BCUT2D eigenvalue weighted by Gasteiger charge is -2.16. The molecule has 2 heterocycles. The van der Waals surface area contributed by atoms with Crippen molar-refractivity contribution < 1.29 is 15.2 Å². The number of pyridine rings is 1. The fourth-order valence-corrected chi connectivity index (χ4v) is 2.87. The van der Waals surface area contributed by atoms with Crippen LogP contribution >= 0.6 is 11.6 Å². The summed E-state index contributed by atoms with van der Waals surface area (Å²) in [5.41, 5.74) is 1.37. The van der Waals surface area contributed by atoms with E-state index in [-0.39, 0.29) is 5.48 Å². The third kappa shape index (κ3) is 4.55. The second-order valence-electron chi connectivity index (χ2n) is 6.00. The first-order chi connectivity index (χ1) is 9.42. The highest BCUT2D eigenvalue weighted by molar-refractivity contribution is 6.76. The molecular formula is C13H21BClN2O3Si. The third-order valence-corrected chi connectivity index (χ3v) is 5.16. The van der Waals surface area contributed by atoms with E-state index in [1.165, 1.54) is 0 Å². The van der Waals surface area contributed by atoms with Gasteiger partial charge in [-0.3, -0.25) is 0 Å². The number of ether oxygens (including phenoxy) is 1. The van der Waals surface area contributed by atoms with Crippen molar-refractivity contribution in [1.82, 2.24) is 9.55 Å². The topological polar surface area (TPSA) is 78.8 Å². The molecule has 2 rings (SSSR count). The first-order valence-electron chi connectivity index (χ1n) is 6.61. The van der Waals surface area contributed by atoms with E-state index in [2.05, 4.69) is 24.6 Å². The summed E-state index contributed by atoms with van der Waals surface area (Å²) in [5, 5.41) is 10.8. The third-order valence-electron chi connectivity index (χ3n) is 3.12. The van der Waals surface area contributed by atoms with Gasteiger partial charge in [-0.25, -0.2) is 4.98 Å². The molecule has 2 aromatic heterocycles. The van der Waals surface area contributed by atoms with Crippen LogP contribution in [0.4, 0.5) is 0 Å². The van der Waals surface area contributed by atoms with Crippen molar-refractivity contribution in [3.63, 3.8) is 0 Å². The standard InChI is InChI=1S/C13H19BClN2O2Si.H2O/c1-20(2,3)7-6-19-9-17-12(14-18)8-10-11(15)4-5-16-13(10)17;/h4-5,8,18H,6-7,9H2,1-3H3;1H2. The summed E-state index contributed by atoms with van der Waals surface area (Å²) < 4.78 is 7.55. The molecule has 1 radical (unpaired) electrons. The van der Waals surface area contributed by atoms with Crippen molar-refractivity contribution in [2.45, 2.75) is 32.4 Å². The number of fused-ring (bicyclic) bond motifs is 1. The Morgan fingerprint density at radius 3 is 2.76 bits per heavy atom. The van der Waals surface area contributed by atoms with Gasteiger partial charge in [-0.05, 0) is 18.2 Å². The molecule has 0 aromatic carbocycles. The molecule has 2 aromatic rings. The Morgan fingerprint density at radius 1 is 1.43 bits per heavy atom. The number of hydrogen-bond donors (Lipinski definition) is 1. The zero-order valence-electron chi connectivity index (χ0n) is 12.6. The van der Waals surface area contributed by atoms with Crippen LogP contribution in [0.25, 0.3) is 11.0 Å². The molecule has 0 saturated heterocycles. The number of halogens is 1. The molecule has 5 nitrogen and oxygen atoms in total. The molecule has 0 saturated carbocycles. The maximum Gasteiger partial charge on any atom is 0.345 e. The molecule has 21 heavy (non-hydrogen) atoms. The van der Waals surface area contributed by atoms with Gasteiger partial charge < -0.3 is 19.8 Å². The van der Waals surface area contributed by atoms with E-state index in [4.69, 9.17) is 16.3 Å². The van der Waals surface area contributed by atoms with Crippen molar-refractivity contribution in [2.75, 3.05) is 6.61 Å². The van der Waals surface area contributed by atoms with E-state index >= 15 is 0 Å². The summed E-state index contributed by atoms with van der Waals surface area (Å²) in [6, 6.07) is 4.66. The second kappa shape index (κ2) is 7.42. The molecule has 0 fully saturated rings. The van der Waals surface area contributed by atoms with Crippen LogP contribution in [0.15, 0.2) is 18.3 Å². The van der Waals surface area contributed by atoms with Crippen LogP contribution in [0.2, 0.25) is 30.7 Å². The Kier molecular flexibility index (Phi) is 6.43. The Labute approximate surface area is 131 Å². The summed E-state index contributed by atoms with van der Waals surface area (Å²) in [5.74, 6) is 0. The summed E-state index contributed by atoms with van der Waals surface area (Å²) in [6.07, 6.45) is 1.66. The highest BCUT2D eigenvalue weighted by Crippen LogP contribution is 2.21. The van der Waals surface area contributed by atoms with Crippen LogP contribution < -0.4 is 5.59 Å². The van der Waals surface area contributed by atoms with E-state index in [0.717, 1.165) is 31.2 Å². The van der Waals surface area contributed by atoms with Gasteiger partial charge in [0.2, 0.25) is 0 Å². The molecule has 0 spiro atoms. The summed E-state index contributed by atoms with van der Waals surface area (Å²) in [6.45, 7) is 8.04. The van der Waals surface area contributed by atoms with E-state index in [0.29, 0.717) is 17.3 Å². The van der Waals surface area contributed by atoms with Crippen molar-refractivity contribution in [2.24, 2.45) is 0 Å². The van der Waals surface area contributed by atoms with E-state index in [9.17, 15) is 5.02 Å². The zero-order valence-corrected chi connectivity index (χ0v) is 14.3. The number of aromatic nitrogens is 2. The quantitative estimate of drug-likeness (QED) is 0.643. The average molecular weight is 328 g/mol. The summed E-state index contributed by atoms with van der Waals surface area (Å²) >= 11 is 6.14. The molecule has 3 N–H and O–H groups in total. The van der Waals surface area contributed by atoms with Crippen LogP contribution in [0, 0.1) is 0 Å². The number of nitrogens with zero attached hydrogens (tertiary/aromatic N) is 2. The van der Waals surface area contributed by atoms with Gasteiger partial charge in [0.25, 0.3) is 0 Å². The molecule has 0 unspecified atom stereocenters. The maximum atomic E-state index is 9.33. The van der Waals surface area contributed by atoms with Gasteiger partial charge in [-0.15, -0.1) is 0 Å². The molecule has 0 atom stereocenters. The zero-order chi connectivity index (χ0) is 14.8. The predicted octanol–water partition coefficient (Wildman–Crippen LogP) is 1.41. The molecule has 0 bridgehead atoms. The highest BCUT2D eigenvalue weighted by atomic mass is 35.5. The largest absolute Gasteiger partial charge is 0.449 e. The predicted molar refractivity (Wildman–Crippen MR) is 90.1 cm³/mol. The summed E-state index contributed by atoms with van der Waals surface area (Å²) in [7, 11) is -0.0366. The van der Waals surface area contributed by atoms with Gasteiger partial charge >= 0.3 is 7.48 Å². The Bertz CT molecular complexity index is 601. The Morgan fingerprint density at radius 2 is 2.14 bits per heavy atom. The lowest BCUT2D eigenvalue weighted by Crippen LogP contribution is -2.26. The lowest BCUT2D eigenvalue weighted by molar-refractivity contribution is 0.0916. The van der Waals surface area contributed by atoms with E-state index < -0.39 is 8.07 Å². The molecule has 115 valence electrons. The van der Waals surface area contributed by atoms with Crippen molar-refractivity contribution >= 4 is 43.8 Å². The smallest absolute Gasteiger partial charge is 0.345 e. The fraction of sp³-hybridized carbons (Fsp3) is 0.462. The van der Waals surface area contributed by atoms with Crippen LogP contribution in [-0.4, -0.2) is 42.2 Å². The number of hydrogen-bond acceptors (Lipinski definition) is 3.